The lowest BCUT2D eigenvalue weighted by Crippen LogP contribution is -2.46. The molecule has 2 aliphatic rings. The molecule has 0 N–H and O–H groups in total. The second-order valence-corrected chi connectivity index (χ2v) is 5.27. The van der Waals surface area contributed by atoms with Gasteiger partial charge in [0.1, 0.15) is 0 Å². The van der Waals surface area contributed by atoms with Crippen molar-refractivity contribution in [3.63, 3.8) is 0 Å². The molecule has 1 aromatic rings. The summed E-state index contributed by atoms with van der Waals surface area (Å²) >= 11 is 0. The highest BCUT2D eigenvalue weighted by atomic mass is 16.2. The maximum absolute atomic E-state index is 12.5. The van der Waals surface area contributed by atoms with E-state index in [1.165, 1.54) is 32.1 Å². The summed E-state index contributed by atoms with van der Waals surface area (Å²) < 4.78 is 0. The monoisotopic (exact) mass is 229 g/mol. The smallest absolute Gasteiger partial charge is 0.254 e. The van der Waals surface area contributed by atoms with Crippen LogP contribution in [0.5, 0.6) is 0 Å². The minimum absolute atomic E-state index is 0.238. The fourth-order valence-corrected chi connectivity index (χ4v) is 3.45. The van der Waals surface area contributed by atoms with Gasteiger partial charge >= 0.3 is 0 Å². The first-order chi connectivity index (χ1) is 8.36. The van der Waals surface area contributed by atoms with Gasteiger partial charge in [-0.3, -0.25) is 4.79 Å². The van der Waals surface area contributed by atoms with Gasteiger partial charge in [0.15, 0.2) is 0 Å². The number of rotatable bonds is 1. The van der Waals surface area contributed by atoms with Crippen LogP contribution in [0.15, 0.2) is 30.3 Å². The molecular weight excluding hydrogens is 210 g/mol. The van der Waals surface area contributed by atoms with Gasteiger partial charge in [-0.25, -0.2) is 0 Å². The third-order valence-electron chi connectivity index (χ3n) is 4.27. The number of fused-ring (bicyclic) bond motifs is 1. The number of benzene rings is 1. The van der Waals surface area contributed by atoms with Crippen LogP contribution in [0.25, 0.3) is 0 Å². The number of nitrogens with zero attached hydrogens (tertiary/aromatic N) is 1. The molecule has 2 heteroatoms. The highest BCUT2D eigenvalue weighted by Crippen LogP contribution is 2.37. The van der Waals surface area contributed by atoms with Gasteiger partial charge in [0, 0.05) is 18.2 Å². The number of hydrogen-bond donors (Lipinski definition) is 0. The molecule has 0 spiro atoms. The zero-order valence-corrected chi connectivity index (χ0v) is 10.1. The van der Waals surface area contributed by atoms with Gasteiger partial charge in [-0.2, -0.15) is 0 Å². The molecule has 90 valence electrons. The topological polar surface area (TPSA) is 20.3 Å². The lowest BCUT2D eigenvalue weighted by molar-refractivity contribution is 0.0548. The Bertz CT molecular complexity index is 401. The number of hydrogen-bond acceptors (Lipinski definition) is 1. The van der Waals surface area contributed by atoms with Crippen molar-refractivity contribution in [3.8, 4) is 0 Å². The predicted molar refractivity (Wildman–Crippen MR) is 67.8 cm³/mol. The molecule has 2 nitrogen and oxygen atoms in total. The predicted octanol–water partition coefficient (Wildman–Crippen LogP) is 3.09. The molecule has 2 atom stereocenters. The summed E-state index contributed by atoms with van der Waals surface area (Å²) in [6.07, 6.45) is 6.34. The van der Waals surface area contributed by atoms with Gasteiger partial charge < -0.3 is 4.90 Å². The third kappa shape index (κ3) is 1.97. The molecule has 1 aliphatic carbocycles. The number of piperidine rings is 1. The van der Waals surface area contributed by atoms with E-state index in [9.17, 15) is 4.79 Å². The van der Waals surface area contributed by atoms with Crippen molar-refractivity contribution in [2.24, 2.45) is 5.92 Å². The van der Waals surface area contributed by atoms with Gasteiger partial charge in [-0.05, 0) is 43.7 Å². The lowest BCUT2D eigenvalue weighted by atomic mass is 9.91. The Labute approximate surface area is 103 Å². The summed E-state index contributed by atoms with van der Waals surface area (Å²) in [6, 6.07) is 10.2. The highest BCUT2D eigenvalue weighted by molar-refractivity contribution is 5.94. The van der Waals surface area contributed by atoms with Crippen LogP contribution in [-0.4, -0.2) is 23.4 Å². The minimum atomic E-state index is 0.238. The van der Waals surface area contributed by atoms with Crippen LogP contribution in [-0.2, 0) is 0 Å². The van der Waals surface area contributed by atoms with E-state index in [-0.39, 0.29) is 5.91 Å². The highest BCUT2D eigenvalue weighted by Gasteiger charge is 2.37. The largest absolute Gasteiger partial charge is 0.335 e. The van der Waals surface area contributed by atoms with Crippen LogP contribution in [0.2, 0.25) is 0 Å². The quantitative estimate of drug-likeness (QED) is 0.724. The van der Waals surface area contributed by atoms with E-state index < -0.39 is 0 Å². The Kier molecular flexibility index (Phi) is 2.87. The molecule has 1 heterocycles. The Morgan fingerprint density at radius 3 is 2.65 bits per heavy atom. The summed E-state index contributed by atoms with van der Waals surface area (Å²) in [5.74, 6) is 1.01. The Hall–Kier alpha value is -1.31. The van der Waals surface area contributed by atoms with Crippen molar-refractivity contribution < 1.29 is 4.79 Å². The molecule has 0 radical (unpaired) electrons. The Morgan fingerprint density at radius 2 is 1.82 bits per heavy atom. The van der Waals surface area contributed by atoms with Crippen molar-refractivity contribution in [3.05, 3.63) is 35.9 Å². The fraction of sp³-hybridized carbons (Fsp3) is 0.533. The lowest BCUT2D eigenvalue weighted by Gasteiger charge is -2.37. The fourth-order valence-electron chi connectivity index (χ4n) is 3.45. The summed E-state index contributed by atoms with van der Waals surface area (Å²) in [7, 11) is 0. The summed E-state index contributed by atoms with van der Waals surface area (Å²) in [5.41, 5.74) is 0.847. The van der Waals surface area contributed by atoms with Gasteiger partial charge in [-0.15, -0.1) is 0 Å². The molecule has 17 heavy (non-hydrogen) atoms. The molecular formula is C15H19NO. The van der Waals surface area contributed by atoms with E-state index in [2.05, 4.69) is 4.90 Å². The molecule has 2 unspecified atom stereocenters. The first-order valence-corrected chi connectivity index (χ1v) is 6.72. The van der Waals surface area contributed by atoms with E-state index in [1.54, 1.807) is 0 Å². The summed E-state index contributed by atoms with van der Waals surface area (Å²) in [4.78, 5) is 14.6. The number of likely N-dealkylation sites (tertiary alicyclic amines) is 1. The molecule has 0 bridgehead atoms. The average Bonchev–Trinajstić information content (AvgIpc) is 2.87. The first-order valence-electron chi connectivity index (χ1n) is 6.72. The molecule has 2 fully saturated rings. The van der Waals surface area contributed by atoms with Crippen LogP contribution in [0.3, 0.4) is 0 Å². The number of carbonyl (C=O) groups is 1. The molecule has 0 aromatic heterocycles. The number of carbonyl (C=O) groups excluding carboxylic acids is 1. The molecule has 1 amide bonds. The van der Waals surface area contributed by atoms with Crippen molar-refractivity contribution in [1.82, 2.24) is 4.90 Å². The average molecular weight is 229 g/mol. The Morgan fingerprint density at radius 1 is 1.06 bits per heavy atom. The SMILES string of the molecule is O=C(c1ccccc1)N1CCCC2CCCC21. The molecule has 3 rings (SSSR count). The van der Waals surface area contributed by atoms with Crippen LogP contribution >= 0.6 is 0 Å². The maximum atomic E-state index is 12.5. The Balaban J connectivity index is 1.81. The van der Waals surface area contributed by atoms with Crippen molar-refractivity contribution >= 4 is 5.91 Å². The minimum Gasteiger partial charge on any atom is -0.335 e. The number of amides is 1. The van der Waals surface area contributed by atoms with Gasteiger partial charge in [0.2, 0.25) is 0 Å². The van der Waals surface area contributed by atoms with E-state index in [1.807, 2.05) is 30.3 Å². The molecule has 1 saturated heterocycles. The molecule has 1 saturated carbocycles. The van der Waals surface area contributed by atoms with Crippen LogP contribution in [0, 0.1) is 5.92 Å². The normalized spacial score (nSPS) is 27.9. The summed E-state index contributed by atoms with van der Waals surface area (Å²) in [6.45, 7) is 0.953. The standard InChI is InChI=1S/C15H19NO/c17-15(13-6-2-1-3-7-13)16-11-5-9-12-8-4-10-14(12)16/h1-3,6-7,12,14H,4-5,8-11H2. The van der Waals surface area contributed by atoms with Crippen LogP contribution in [0.1, 0.15) is 42.5 Å². The maximum Gasteiger partial charge on any atom is 0.254 e. The van der Waals surface area contributed by atoms with Gasteiger partial charge in [0.25, 0.3) is 5.91 Å². The third-order valence-corrected chi connectivity index (χ3v) is 4.27. The van der Waals surface area contributed by atoms with E-state index in [0.717, 1.165) is 18.0 Å². The zero-order valence-electron chi connectivity index (χ0n) is 10.1. The molecule has 1 aliphatic heterocycles. The molecule has 1 aromatic carbocycles. The van der Waals surface area contributed by atoms with Crippen LogP contribution in [0.4, 0.5) is 0 Å². The zero-order chi connectivity index (χ0) is 11.7. The first kappa shape index (κ1) is 10.8. The van der Waals surface area contributed by atoms with Gasteiger partial charge in [-0.1, -0.05) is 24.6 Å². The van der Waals surface area contributed by atoms with Crippen molar-refractivity contribution in [2.45, 2.75) is 38.1 Å². The van der Waals surface area contributed by atoms with Crippen LogP contribution < -0.4 is 0 Å². The van der Waals surface area contributed by atoms with Crippen molar-refractivity contribution in [2.75, 3.05) is 6.54 Å². The van der Waals surface area contributed by atoms with E-state index >= 15 is 0 Å². The van der Waals surface area contributed by atoms with Gasteiger partial charge in [0.05, 0.1) is 0 Å². The second kappa shape index (κ2) is 4.52. The van der Waals surface area contributed by atoms with E-state index in [0.29, 0.717) is 6.04 Å². The van der Waals surface area contributed by atoms with E-state index in [4.69, 9.17) is 0 Å². The second-order valence-electron chi connectivity index (χ2n) is 5.27. The summed E-state index contributed by atoms with van der Waals surface area (Å²) in [5, 5.41) is 0. The van der Waals surface area contributed by atoms with Crippen molar-refractivity contribution in [1.29, 1.82) is 0 Å².